The quantitative estimate of drug-likeness (QED) is 0.722. The molecule has 0 saturated carbocycles. The molecule has 1 atom stereocenters. The molecule has 0 bridgehead atoms. The van der Waals surface area contributed by atoms with Gasteiger partial charge in [-0.15, -0.1) is 0 Å². The first-order valence-corrected chi connectivity index (χ1v) is 8.56. The fourth-order valence-electron chi connectivity index (χ4n) is 3.40. The van der Waals surface area contributed by atoms with E-state index in [2.05, 4.69) is 10.3 Å². The maximum atomic E-state index is 14.1. The molecule has 1 unspecified atom stereocenters. The van der Waals surface area contributed by atoms with E-state index in [-0.39, 0.29) is 17.9 Å². The summed E-state index contributed by atoms with van der Waals surface area (Å²) in [5, 5.41) is 4.04. The van der Waals surface area contributed by atoms with Crippen LogP contribution in [0, 0.1) is 0 Å². The average Bonchev–Trinajstić information content (AvgIpc) is 3.16. The molecule has 2 aromatic carbocycles. The van der Waals surface area contributed by atoms with E-state index >= 15 is 0 Å². The lowest BCUT2D eigenvalue weighted by atomic mass is 10.0. The van der Waals surface area contributed by atoms with E-state index < -0.39 is 23.7 Å². The number of para-hydroxylation sites is 1. The minimum atomic E-state index is -5.08. The van der Waals surface area contributed by atoms with Gasteiger partial charge in [-0.1, -0.05) is 49.4 Å². The van der Waals surface area contributed by atoms with Gasteiger partial charge in [-0.3, -0.25) is 19.5 Å². The van der Waals surface area contributed by atoms with Crippen LogP contribution in [0.1, 0.15) is 13.3 Å². The SMILES string of the molecule is CCC(=O)NC1(C(F)(F)F)C(=O)Nc2nc3c(-c4ccccc4)cccc3n21. The molecule has 0 aliphatic carbocycles. The van der Waals surface area contributed by atoms with Crippen molar-refractivity contribution in [2.75, 3.05) is 5.32 Å². The summed E-state index contributed by atoms with van der Waals surface area (Å²) in [6, 6.07) is 13.8. The predicted molar refractivity (Wildman–Crippen MR) is 96.3 cm³/mol. The maximum Gasteiger partial charge on any atom is 0.440 e. The summed E-state index contributed by atoms with van der Waals surface area (Å²) < 4.78 is 43.2. The molecule has 0 fully saturated rings. The number of nitrogens with zero attached hydrogens (tertiary/aromatic N) is 2. The third kappa shape index (κ3) is 2.39. The number of imidazole rings is 1. The number of carbonyl (C=O) groups is 2. The molecule has 6 nitrogen and oxygen atoms in total. The Morgan fingerprint density at radius 1 is 1.18 bits per heavy atom. The first-order chi connectivity index (χ1) is 13.3. The van der Waals surface area contributed by atoms with E-state index in [1.165, 1.54) is 13.0 Å². The third-order valence-corrected chi connectivity index (χ3v) is 4.71. The van der Waals surface area contributed by atoms with Crippen molar-refractivity contribution in [3.63, 3.8) is 0 Å². The number of fused-ring (bicyclic) bond motifs is 3. The first kappa shape index (κ1) is 18.0. The molecular weight excluding hydrogens is 373 g/mol. The van der Waals surface area contributed by atoms with Crippen molar-refractivity contribution in [2.45, 2.75) is 25.2 Å². The molecule has 3 aromatic rings. The lowest BCUT2D eigenvalue weighted by Gasteiger charge is -2.31. The van der Waals surface area contributed by atoms with Crippen molar-refractivity contribution in [3.8, 4) is 11.1 Å². The molecule has 1 aliphatic rings. The highest BCUT2D eigenvalue weighted by atomic mass is 19.4. The van der Waals surface area contributed by atoms with Crippen molar-refractivity contribution in [1.82, 2.24) is 14.9 Å². The first-order valence-electron chi connectivity index (χ1n) is 8.56. The van der Waals surface area contributed by atoms with Gasteiger partial charge in [0.05, 0.1) is 11.0 Å². The number of carbonyl (C=O) groups excluding carboxylic acids is 2. The van der Waals surface area contributed by atoms with Crippen LogP contribution in [0.3, 0.4) is 0 Å². The van der Waals surface area contributed by atoms with Crippen LogP contribution in [0.2, 0.25) is 0 Å². The number of nitrogens with one attached hydrogen (secondary N) is 2. The summed E-state index contributed by atoms with van der Waals surface area (Å²) in [6.07, 6.45) is -5.29. The molecule has 9 heteroatoms. The second kappa shape index (κ2) is 6.08. The number of rotatable bonds is 3. The fraction of sp³-hybridized carbons (Fsp3) is 0.211. The number of alkyl halides is 3. The van der Waals surface area contributed by atoms with Gasteiger partial charge in [0.1, 0.15) is 0 Å². The zero-order valence-corrected chi connectivity index (χ0v) is 14.7. The second-order valence-corrected chi connectivity index (χ2v) is 6.37. The van der Waals surface area contributed by atoms with Crippen LogP contribution >= 0.6 is 0 Å². The van der Waals surface area contributed by atoms with E-state index in [4.69, 9.17) is 0 Å². The molecule has 0 spiro atoms. The van der Waals surface area contributed by atoms with Gasteiger partial charge in [0.2, 0.25) is 11.9 Å². The zero-order valence-electron chi connectivity index (χ0n) is 14.7. The van der Waals surface area contributed by atoms with Gasteiger partial charge in [-0.05, 0) is 11.6 Å². The topological polar surface area (TPSA) is 76.0 Å². The number of aromatic nitrogens is 2. The zero-order chi connectivity index (χ0) is 20.1. The average molecular weight is 388 g/mol. The van der Waals surface area contributed by atoms with Gasteiger partial charge in [-0.25, -0.2) is 4.98 Å². The molecule has 2 amide bonds. The number of benzene rings is 2. The van der Waals surface area contributed by atoms with Crippen LogP contribution in [-0.4, -0.2) is 27.5 Å². The molecule has 0 saturated heterocycles. The van der Waals surface area contributed by atoms with Gasteiger partial charge in [0, 0.05) is 12.0 Å². The number of hydrogen-bond acceptors (Lipinski definition) is 3. The van der Waals surface area contributed by atoms with Gasteiger partial charge in [-0.2, -0.15) is 13.2 Å². The summed E-state index contributed by atoms with van der Waals surface area (Å²) in [5.74, 6) is -2.56. The Morgan fingerprint density at radius 3 is 2.54 bits per heavy atom. The van der Waals surface area contributed by atoms with Crippen molar-refractivity contribution in [3.05, 3.63) is 48.5 Å². The molecule has 28 heavy (non-hydrogen) atoms. The highest BCUT2D eigenvalue weighted by molar-refractivity contribution is 6.06. The van der Waals surface area contributed by atoms with Crippen molar-refractivity contribution in [1.29, 1.82) is 0 Å². The van der Waals surface area contributed by atoms with Gasteiger partial charge in [0.15, 0.2) is 0 Å². The van der Waals surface area contributed by atoms with Gasteiger partial charge < -0.3 is 5.32 Å². The van der Waals surface area contributed by atoms with Crippen LogP contribution in [0.25, 0.3) is 22.2 Å². The lowest BCUT2D eigenvalue weighted by molar-refractivity contribution is -0.217. The van der Waals surface area contributed by atoms with Crippen LogP contribution in [0.15, 0.2) is 48.5 Å². The molecule has 0 radical (unpaired) electrons. The number of hydrogen-bond donors (Lipinski definition) is 2. The van der Waals surface area contributed by atoms with E-state index in [0.717, 1.165) is 10.1 Å². The maximum absolute atomic E-state index is 14.1. The Kier molecular flexibility index (Phi) is 3.91. The predicted octanol–water partition coefficient (Wildman–Crippen LogP) is 3.40. The smallest absolute Gasteiger partial charge is 0.317 e. The largest absolute Gasteiger partial charge is 0.440 e. The lowest BCUT2D eigenvalue weighted by Crippen LogP contribution is -2.63. The summed E-state index contributed by atoms with van der Waals surface area (Å²) in [6.45, 7) is 1.41. The van der Waals surface area contributed by atoms with Crippen molar-refractivity contribution >= 4 is 28.8 Å². The van der Waals surface area contributed by atoms with Crippen LogP contribution < -0.4 is 10.6 Å². The van der Waals surface area contributed by atoms with Gasteiger partial charge in [0.25, 0.3) is 11.6 Å². The molecule has 1 aromatic heterocycles. The molecule has 144 valence electrons. The Hall–Kier alpha value is -3.36. The number of halogens is 3. The fourth-order valence-corrected chi connectivity index (χ4v) is 3.40. The Labute approximate surface area is 157 Å². The summed E-state index contributed by atoms with van der Waals surface area (Å²) in [5.41, 5.74) is -1.48. The Morgan fingerprint density at radius 2 is 1.89 bits per heavy atom. The van der Waals surface area contributed by atoms with E-state index in [0.29, 0.717) is 11.1 Å². The van der Waals surface area contributed by atoms with E-state index in [9.17, 15) is 22.8 Å². The molecular formula is C19H15F3N4O2. The normalized spacial score (nSPS) is 18.8. The molecule has 4 rings (SSSR count). The molecule has 2 heterocycles. The number of anilines is 1. The minimum Gasteiger partial charge on any atom is -0.317 e. The minimum absolute atomic E-state index is 0.0865. The highest BCUT2D eigenvalue weighted by Crippen LogP contribution is 2.45. The Bertz CT molecular complexity index is 1090. The molecule has 1 aliphatic heterocycles. The van der Waals surface area contributed by atoms with E-state index in [1.54, 1.807) is 24.3 Å². The third-order valence-electron chi connectivity index (χ3n) is 4.71. The molecule has 2 N–H and O–H groups in total. The monoisotopic (exact) mass is 388 g/mol. The van der Waals surface area contributed by atoms with Crippen LogP contribution in [-0.2, 0) is 15.3 Å². The van der Waals surface area contributed by atoms with Gasteiger partial charge >= 0.3 is 6.18 Å². The number of amides is 2. The van der Waals surface area contributed by atoms with Crippen LogP contribution in [0.5, 0.6) is 0 Å². The summed E-state index contributed by atoms with van der Waals surface area (Å²) in [7, 11) is 0. The summed E-state index contributed by atoms with van der Waals surface area (Å²) in [4.78, 5) is 28.5. The van der Waals surface area contributed by atoms with Crippen LogP contribution in [0.4, 0.5) is 19.1 Å². The van der Waals surface area contributed by atoms with Crippen molar-refractivity contribution < 1.29 is 22.8 Å². The van der Waals surface area contributed by atoms with E-state index in [1.807, 2.05) is 23.5 Å². The second-order valence-electron chi connectivity index (χ2n) is 6.37. The Balaban J connectivity index is 2.01. The highest BCUT2D eigenvalue weighted by Gasteiger charge is 2.67. The van der Waals surface area contributed by atoms with Crippen molar-refractivity contribution in [2.24, 2.45) is 0 Å². The summed E-state index contributed by atoms with van der Waals surface area (Å²) >= 11 is 0. The standard InChI is InChI=1S/C19H15F3N4O2/c1-2-14(27)25-18(19(20,21)22)16(28)24-17-23-15-12(11-7-4-3-5-8-11)9-6-10-13(15)26(17)18/h3-10H,2H2,1H3,(H,25,27)(H,23,24,28).